The van der Waals surface area contributed by atoms with Crippen LogP contribution in [0.2, 0.25) is 0 Å². The average molecular weight is 264 g/mol. The van der Waals surface area contributed by atoms with Crippen LogP contribution in [0.3, 0.4) is 0 Å². The van der Waals surface area contributed by atoms with Crippen molar-refractivity contribution in [3.05, 3.63) is 53.2 Å². The topological polar surface area (TPSA) is 24.9 Å². The Hall–Kier alpha value is -1.88. The molecule has 0 saturated heterocycles. The second kappa shape index (κ2) is 4.35. The first kappa shape index (κ1) is 12.2. The third-order valence-electron chi connectivity index (χ3n) is 3.20. The number of benzene rings is 1. The van der Waals surface area contributed by atoms with Crippen LogP contribution in [0.4, 0.5) is 13.2 Å². The zero-order chi connectivity index (χ0) is 13.5. The smallest absolute Gasteiger partial charge is 0.309 e. The Balaban J connectivity index is 2.03. The number of rotatable bonds is 1. The van der Waals surface area contributed by atoms with Crippen LogP contribution in [0.15, 0.2) is 36.5 Å². The lowest BCUT2D eigenvalue weighted by molar-refractivity contribution is -0.137. The van der Waals surface area contributed by atoms with Crippen LogP contribution in [0.5, 0.6) is 0 Å². The van der Waals surface area contributed by atoms with Gasteiger partial charge in [0.05, 0.1) is 11.3 Å². The molecule has 1 aliphatic heterocycles. The molecular weight excluding hydrogens is 253 g/mol. The molecule has 0 unspecified atom stereocenters. The Labute approximate surface area is 108 Å². The third-order valence-corrected chi connectivity index (χ3v) is 3.20. The first-order chi connectivity index (χ1) is 9.04. The molecule has 0 fully saturated rings. The van der Waals surface area contributed by atoms with Crippen molar-refractivity contribution in [2.45, 2.75) is 19.3 Å². The fourth-order valence-electron chi connectivity index (χ4n) is 2.19. The molecule has 0 atom stereocenters. The highest BCUT2D eigenvalue weighted by Crippen LogP contribution is 2.32. The summed E-state index contributed by atoms with van der Waals surface area (Å²) in [4.78, 5) is 4.24. The summed E-state index contributed by atoms with van der Waals surface area (Å²) >= 11 is 0. The molecule has 2 nitrogen and oxygen atoms in total. The average Bonchev–Trinajstić information content (AvgIpc) is 2.85. The highest BCUT2D eigenvalue weighted by Gasteiger charge is 2.30. The number of alkyl halides is 3. The Morgan fingerprint density at radius 2 is 1.84 bits per heavy atom. The lowest BCUT2D eigenvalue weighted by Crippen LogP contribution is -2.04. The molecule has 1 aliphatic rings. The minimum Gasteiger partial charge on any atom is -0.309 e. The number of halogens is 3. The van der Waals surface area contributed by atoms with E-state index in [1.54, 1.807) is 12.3 Å². The highest BCUT2D eigenvalue weighted by molar-refractivity contribution is 5.61. The minimum absolute atomic E-state index is 0.490. The van der Waals surface area contributed by atoms with Crippen LogP contribution in [-0.4, -0.2) is 4.98 Å². The van der Waals surface area contributed by atoms with Crippen LogP contribution in [0.1, 0.15) is 16.7 Å². The molecule has 3 rings (SSSR count). The van der Waals surface area contributed by atoms with Gasteiger partial charge in [0.25, 0.3) is 0 Å². The van der Waals surface area contributed by atoms with Gasteiger partial charge < -0.3 is 5.32 Å². The minimum atomic E-state index is -4.33. The Kier molecular flexibility index (Phi) is 2.78. The van der Waals surface area contributed by atoms with Crippen LogP contribution in [0, 0.1) is 0 Å². The third kappa shape index (κ3) is 2.33. The van der Waals surface area contributed by atoms with Gasteiger partial charge in [-0.2, -0.15) is 13.2 Å². The molecule has 0 radical (unpaired) electrons. The first-order valence-corrected chi connectivity index (χ1v) is 5.90. The lowest BCUT2D eigenvalue weighted by Gasteiger charge is -2.09. The number of nitrogens with zero attached hydrogens (tertiary/aromatic N) is 1. The standard InChI is InChI=1S/C14H11F3N2/c15-14(16,17)12-3-1-2-9(4-12)13-5-10-6-18-7-11(10)8-19-13/h1-5,8,18H,6-7H2. The van der Waals surface area contributed by atoms with E-state index < -0.39 is 11.7 Å². The van der Waals surface area contributed by atoms with Crippen molar-refractivity contribution in [2.24, 2.45) is 0 Å². The van der Waals surface area contributed by atoms with E-state index in [1.807, 2.05) is 6.07 Å². The van der Waals surface area contributed by atoms with E-state index in [9.17, 15) is 13.2 Å². The summed E-state index contributed by atoms with van der Waals surface area (Å²) in [5.74, 6) is 0. The van der Waals surface area contributed by atoms with E-state index in [1.165, 1.54) is 6.07 Å². The van der Waals surface area contributed by atoms with Gasteiger partial charge in [0.1, 0.15) is 0 Å². The van der Waals surface area contributed by atoms with E-state index in [4.69, 9.17) is 0 Å². The quantitative estimate of drug-likeness (QED) is 0.854. The SMILES string of the molecule is FC(F)(F)c1cccc(-c2cc3c(cn2)CNC3)c1. The molecule has 1 aromatic heterocycles. The van der Waals surface area contributed by atoms with Gasteiger partial charge in [-0.3, -0.25) is 4.98 Å². The molecule has 0 saturated carbocycles. The number of aromatic nitrogens is 1. The van der Waals surface area contributed by atoms with Crippen molar-refractivity contribution in [1.82, 2.24) is 10.3 Å². The predicted molar refractivity (Wildman–Crippen MR) is 65.2 cm³/mol. The van der Waals surface area contributed by atoms with Crippen molar-refractivity contribution in [2.75, 3.05) is 0 Å². The van der Waals surface area contributed by atoms with Gasteiger partial charge in [0.15, 0.2) is 0 Å². The fraction of sp³-hybridized carbons (Fsp3) is 0.214. The molecule has 0 aliphatic carbocycles. The Morgan fingerprint density at radius 3 is 2.63 bits per heavy atom. The molecule has 0 spiro atoms. The Bertz CT molecular complexity index is 620. The normalized spacial score (nSPS) is 14.5. The fourth-order valence-corrected chi connectivity index (χ4v) is 2.19. The number of pyridine rings is 1. The number of fused-ring (bicyclic) bond motifs is 1. The summed E-state index contributed by atoms with van der Waals surface area (Å²) in [7, 11) is 0. The van der Waals surface area contributed by atoms with Crippen LogP contribution in [-0.2, 0) is 19.3 Å². The van der Waals surface area contributed by atoms with E-state index in [0.717, 1.165) is 36.3 Å². The molecule has 2 heterocycles. The molecular formula is C14H11F3N2. The van der Waals surface area contributed by atoms with E-state index >= 15 is 0 Å². The van der Waals surface area contributed by atoms with Gasteiger partial charge in [0, 0.05) is 24.8 Å². The van der Waals surface area contributed by atoms with Gasteiger partial charge in [-0.25, -0.2) is 0 Å². The second-order valence-corrected chi connectivity index (χ2v) is 4.52. The van der Waals surface area contributed by atoms with Crippen molar-refractivity contribution >= 4 is 0 Å². The highest BCUT2D eigenvalue weighted by atomic mass is 19.4. The number of nitrogens with one attached hydrogen (secondary N) is 1. The van der Waals surface area contributed by atoms with Crippen LogP contribution in [0.25, 0.3) is 11.3 Å². The molecule has 19 heavy (non-hydrogen) atoms. The van der Waals surface area contributed by atoms with E-state index in [-0.39, 0.29) is 0 Å². The molecule has 2 aromatic rings. The van der Waals surface area contributed by atoms with Crippen molar-refractivity contribution in [1.29, 1.82) is 0 Å². The zero-order valence-corrected chi connectivity index (χ0v) is 9.96. The summed E-state index contributed by atoms with van der Waals surface area (Å²) in [5, 5.41) is 3.18. The number of hydrogen-bond acceptors (Lipinski definition) is 2. The summed E-state index contributed by atoms with van der Waals surface area (Å²) < 4.78 is 38.0. The van der Waals surface area contributed by atoms with Gasteiger partial charge in [-0.05, 0) is 29.3 Å². The van der Waals surface area contributed by atoms with Gasteiger partial charge in [-0.1, -0.05) is 12.1 Å². The maximum atomic E-state index is 12.7. The Morgan fingerprint density at radius 1 is 1.05 bits per heavy atom. The molecule has 0 bridgehead atoms. The maximum absolute atomic E-state index is 12.7. The maximum Gasteiger partial charge on any atom is 0.416 e. The predicted octanol–water partition coefficient (Wildman–Crippen LogP) is 3.37. The summed E-state index contributed by atoms with van der Waals surface area (Å²) in [6.45, 7) is 1.51. The van der Waals surface area contributed by atoms with E-state index in [2.05, 4.69) is 10.3 Å². The molecule has 0 amide bonds. The van der Waals surface area contributed by atoms with Crippen LogP contribution < -0.4 is 5.32 Å². The molecule has 98 valence electrons. The van der Waals surface area contributed by atoms with Crippen molar-refractivity contribution in [3.63, 3.8) is 0 Å². The van der Waals surface area contributed by atoms with Crippen LogP contribution >= 0.6 is 0 Å². The first-order valence-electron chi connectivity index (χ1n) is 5.90. The van der Waals surface area contributed by atoms with Crippen molar-refractivity contribution < 1.29 is 13.2 Å². The lowest BCUT2D eigenvalue weighted by atomic mass is 10.0. The monoisotopic (exact) mass is 264 g/mol. The summed E-state index contributed by atoms with van der Waals surface area (Å²) in [6, 6.07) is 7.11. The van der Waals surface area contributed by atoms with E-state index in [0.29, 0.717) is 11.3 Å². The molecule has 1 N–H and O–H groups in total. The summed E-state index contributed by atoms with van der Waals surface area (Å²) in [6.07, 6.45) is -2.60. The van der Waals surface area contributed by atoms with Gasteiger partial charge >= 0.3 is 6.18 Å². The second-order valence-electron chi connectivity index (χ2n) is 4.52. The largest absolute Gasteiger partial charge is 0.416 e. The van der Waals surface area contributed by atoms with Gasteiger partial charge in [0.2, 0.25) is 0 Å². The number of hydrogen-bond donors (Lipinski definition) is 1. The zero-order valence-electron chi connectivity index (χ0n) is 9.96. The van der Waals surface area contributed by atoms with Crippen molar-refractivity contribution in [3.8, 4) is 11.3 Å². The molecule has 5 heteroatoms. The van der Waals surface area contributed by atoms with Gasteiger partial charge in [-0.15, -0.1) is 0 Å². The summed E-state index contributed by atoms with van der Waals surface area (Å²) in [5.41, 5.74) is 2.63. The molecule has 1 aromatic carbocycles.